The minimum atomic E-state index is -3.77. The molecule has 1 amide bonds. The molecule has 2 heterocycles. The highest BCUT2D eigenvalue weighted by atomic mass is 32.2. The van der Waals surface area contributed by atoms with Gasteiger partial charge in [-0.15, -0.1) is 0 Å². The van der Waals surface area contributed by atoms with E-state index in [2.05, 4.69) is 0 Å². The molecule has 0 aliphatic carbocycles. The third-order valence-electron chi connectivity index (χ3n) is 5.95. The van der Waals surface area contributed by atoms with Crippen LogP contribution in [0.2, 0.25) is 0 Å². The number of nitrogens with zero attached hydrogens (tertiary/aromatic N) is 2. The van der Waals surface area contributed by atoms with E-state index in [9.17, 15) is 13.2 Å². The first-order chi connectivity index (χ1) is 15.1. The molecule has 2 aromatic rings. The minimum absolute atomic E-state index is 0.0125. The Morgan fingerprint density at radius 2 is 1.69 bits per heavy atom. The molecule has 8 heteroatoms. The molecule has 32 heavy (non-hydrogen) atoms. The van der Waals surface area contributed by atoms with Crippen molar-refractivity contribution in [2.45, 2.75) is 61.5 Å². The van der Waals surface area contributed by atoms with Gasteiger partial charge >= 0.3 is 6.09 Å². The number of halogens is 1. The van der Waals surface area contributed by atoms with E-state index in [0.717, 1.165) is 6.07 Å². The lowest BCUT2D eigenvalue weighted by molar-refractivity contribution is 0.0205. The van der Waals surface area contributed by atoms with Gasteiger partial charge in [0.25, 0.3) is 0 Å². The van der Waals surface area contributed by atoms with Crippen LogP contribution in [0.4, 0.5) is 14.9 Å². The molecule has 1 saturated heterocycles. The number of ether oxygens (including phenoxy) is 1. The Kier molecular flexibility index (Phi) is 5.92. The van der Waals surface area contributed by atoms with E-state index in [1.54, 1.807) is 29.2 Å². The number of hydrogen-bond acceptors (Lipinski definition) is 5. The average Bonchev–Trinajstić information content (AvgIpc) is 3.18. The second-order valence-corrected chi connectivity index (χ2v) is 11.3. The minimum Gasteiger partial charge on any atom is -0.444 e. The highest BCUT2D eigenvalue weighted by Crippen LogP contribution is 2.37. The zero-order chi connectivity index (χ0) is 23.1. The van der Waals surface area contributed by atoms with Crippen LogP contribution in [-0.2, 0) is 21.0 Å². The van der Waals surface area contributed by atoms with E-state index in [1.165, 1.54) is 12.1 Å². The first-order valence-corrected chi connectivity index (χ1v) is 12.4. The van der Waals surface area contributed by atoms with E-state index < -0.39 is 21.3 Å². The maximum atomic E-state index is 15.2. The number of amides is 1. The van der Waals surface area contributed by atoms with Crippen LogP contribution in [-0.4, -0.2) is 50.7 Å². The summed E-state index contributed by atoms with van der Waals surface area (Å²) < 4.78 is 46.5. The van der Waals surface area contributed by atoms with Gasteiger partial charge in [0.2, 0.25) is 9.84 Å². The van der Waals surface area contributed by atoms with Gasteiger partial charge in [0.05, 0.1) is 15.5 Å². The molecule has 2 aliphatic rings. The lowest BCUT2D eigenvalue weighted by Gasteiger charge is -2.38. The molecule has 172 valence electrons. The first kappa shape index (κ1) is 22.6. The summed E-state index contributed by atoms with van der Waals surface area (Å²) in [6, 6.07) is 10.9. The summed E-state index contributed by atoms with van der Waals surface area (Å²) in [5, 5.41) is 0. The lowest BCUT2D eigenvalue weighted by atomic mass is 10.0. The van der Waals surface area contributed by atoms with Gasteiger partial charge in [-0.3, -0.25) is 0 Å². The Bertz CT molecular complexity index is 1100. The van der Waals surface area contributed by atoms with Crippen LogP contribution in [0, 0.1) is 5.82 Å². The van der Waals surface area contributed by atoms with Crippen molar-refractivity contribution in [2.24, 2.45) is 0 Å². The smallest absolute Gasteiger partial charge is 0.410 e. The number of carbonyl (C=O) groups excluding carboxylic acids is 1. The zero-order valence-electron chi connectivity index (χ0n) is 18.7. The largest absolute Gasteiger partial charge is 0.444 e. The number of benzene rings is 2. The fraction of sp³-hybridized carbons (Fsp3) is 0.458. The fourth-order valence-electron chi connectivity index (χ4n) is 4.44. The Morgan fingerprint density at radius 1 is 1.03 bits per heavy atom. The number of hydrogen-bond donors (Lipinski definition) is 0. The van der Waals surface area contributed by atoms with Crippen LogP contribution in [0.5, 0.6) is 0 Å². The molecule has 1 fully saturated rings. The van der Waals surface area contributed by atoms with Gasteiger partial charge in [-0.2, -0.15) is 0 Å². The monoisotopic (exact) mass is 460 g/mol. The van der Waals surface area contributed by atoms with Crippen molar-refractivity contribution in [1.29, 1.82) is 0 Å². The van der Waals surface area contributed by atoms with Crippen molar-refractivity contribution in [3.05, 3.63) is 53.8 Å². The molecular formula is C24H29FN2O4S. The van der Waals surface area contributed by atoms with Crippen LogP contribution in [0.3, 0.4) is 0 Å². The summed E-state index contributed by atoms with van der Waals surface area (Å²) >= 11 is 0. The van der Waals surface area contributed by atoms with E-state index in [-0.39, 0.29) is 21.9 Å². The van der Waals surface area contributed by atoms with E-state index in [1.807, 2.05) is 25.7 Å². The van der Waals surface area contributed by atoms with Crippen molar-refractivity contribution in [1.82, 2.24) is 4.90 Å². The Labute approximate surface area is 188 Å². The highest BCUT2D eigenvalue weighted by Gasteiger charge is 2.35. The summed E-state index contributed by atoms with van der Waals surface area (Å²) in [5.74, 6) is -0.510. The summed E-state index contributed by atoms with van der Waals surface area (Å²) in [7, 11) is -3.77. The molecule has 2 aromatic carbocycles. The van der Waals surface area contributed by atoms with Crippen molar-refractivity contribution < 1.29 is 22.3 Å². The van der Waals surface area contributed by atoms with Crippen molar-refractivity contribution >= 4 is 21.6 Å². The van der Waals surface area contributed by atoms with Crippen LogP contribution in [0.25, 0.3) is 0 Å². The maximum absolute atomic E-state index is 15.2. The molecule has 0 N–H and O–H groups in total. The SMILES string of the molecule is CC(C)(C)OC(=O)N1CCC(N2CCc3cc(S(=O)(=O)c4ccccc4)cc(F)c32)CC1. The molecule has 0 spiro atoms. The molecule has 6 nitrogen and oxygen atoms in total. The predicted molar refractivity (Wildman–Crippen MR) is 120 cm³/mol. The van der Waals surface area contributed by atoms with Crippen LogP contribution >= 0.6 is 0 Å². The molecule has 0 saturated carbocycles. The fourth-order valence-corrected chi connectivity index (χ4v) is 5.78. The van der Waals surface area contributed by atoms with Gasteiger partial charge in [-0.25, -0.2) is 17.6 Å². The third-order valence-corrected chi connectivity index (χ3v) is 7.69. The second-order valence-electron chi connectivity index (χ2n) is 9.37. The van der Waals surface area contributed by atoms with Gasteiger partial charge in [0.15, 0.2) is 0 Å². The molecule has 0 bridgehead atoms. The number of sulfone groups is 1. The standard InChI is InChI=1S/C24H29FN2O4S/c1-24(2,3)31-23(28)26-12-10-18(11-13-26)27-14-9-17-15-20(16-21(25)22(17)27)32(29,30)19-7-5-4-6-8-19/h4-8,15-16,18H,9-14H2,1-3H3. The number of piperidine rings is 1. The molecule has 4 rings (SSSR count). The van der Waals surface area contributed by atoms with Gasteiger partial charge in [-0.05, 0) is 69.9 Å². The van der Waals surface area contributed by atoms with Crippen LogP contribution in [0.1, 0.15) is 39.2 Å². The lowest BCUT2D eigenvalue weighted by Crippen LogP contribution is -2.47. The number of fused-ring (bicyclic) bond motifs is 1. The summed E-state index contributed by atoms with van der Waals surface area (Å²) in [4.78, 5) is 16.2. The van der Waals surface area contributed by atoms with Crippen LogP contribution < -0.4 is 4.90 Å². The molecular weight excluding hydrogens is 431 g/mol. The second kappa shape index (κ2) is 8.39. The predicted octanol–water partition coefficient (Wildman–Crippen LogP) is 4.42. The number of carbonyl (C=O) groups is 1. The molecule has 2 aliphatic heterocycles. The van der Waals surface area contributed by atoms with Crippen LogP contribution in [0.15, 0.2) is 52.3 Å². The van der Waals surface area contributed by atoms with E-state index >= 15 is 4.39 Å². The molecule has 0 unspecified atom stereocenters. The van der Waals surface area contributed by atoms with Crippen molar-refractivity contribution in [3.63, 3.8) is 0 Å². The topological polar surface area (TPSA) is 66.9 Å². The molecule has 0 radical (unpaired) electrons. The van der Waals surface area contributed by atoms with Crippen molar-refractivity contribution in [2.75, 3.05) is 24.5 Å². The summed E-state index contributed by atoms with van der Waals surface area (Å²) in [5.41, 5.74) is 0.671. The highest BCUT2D eigenvalue weighted by molar-refractivity contribution is 7.91. The normalized spacial score (nSPS) is 17.4. The number of anilines is 1. The zero-order valence-corrected chi connectivity index (χ0v) is 19.5. The Morgan fingerprint density at radius 3 is 2.31 bits per heavy atom. The third kappa shape index (κ3) is 4.46. The van der Waals surface area contributed by atoms with Gasteiger partial charge in [0, 0.05) is 25.7 Å². The quantitative estimate of drug-likeness (QED) is 0.678. The Balaban J connectivity index is 1.50. The summed E-state index contributed by atoms with van der Waals surface area (Å²) in [6.45, 7) is 7.26. The van der Waals surface area contributed by atoms with E-state index in [0.29, 0.717) is 50.1 Å². The van der Waals surface area contributed by atoms with Gasteiger partial charge < -0.3 is 14.5 Å². The van der Waals surface area contributed by atoms with Crippen molar-refractivity contribution in [3.8, 4) is 0 Å². The average molecular weight is 461 g/mol. The van der Waals surface area contributed by atoms with Gasteiger partial charge in [-0.1, -0.05) is 18.2 Å². The van der Waals surface area contributed by atoms with Gasteiger partial charge in [0.1, 0.15) is 11.4 Å². The summed E-state index contributed by atoms with van der Waals surface area (Å²) in [6.07, 6.45) is 1.70. The van der Waals surface area contributed by atoms with E-state index in [4.69, 9.17) is 4.74 Å². The number of rotatable bonds is 3. The Hall–Kier alpha value is -2.61. The molecule has 0 aromatic heterocycles. The molecule has 0 atom stereocenters. The number of likely N-dealkylation sites (tertiary alicyclic amines) is 1. The first-order valence-electron chi connectivity index (χ1n) is 10.9. The maximum Gasteiger partial charge on any atom is 0.410 e.